The summed E-state index contributed by atoms with van der Waals surface area (Å²) in [7, 11) is 0. The number of para-hydroxylation sites is 1. The molecule has 0 saturated carbocycles. The number of morpholine rings is 1. The van der Waals surface area contributed by atoms with E-state index in [0.29, 0.717) is 43.6 Å². The van der Waals surface area contributed by atoms with Crippen LogP contribution in [-0.4, -0.2) is 72.6 Å². The van der Waals surface area contributed by atoms with E-state index in [2.05, 4.69) is 15.2 Å². The molecule has 6 rings (SSSR count). The number of amides is 2. The quantitative estimate of drug-likeness (QED) is 0.331. The van der Waals surface area contributed by atoms with E-state index in [1.807, 2.05) is 84.6 Å². The lowest BCUT2D eigenvalue weighted by molar-refractivity contribution is -0.119. The number of carbonyl (C=O) groups is 2. The van der Waals surface area contributed by atoms with Crippen LogP contribution in [0, 0.1) is 0 Å². The van der Waals surface area contributed by atoms with E-state index >= 15 is 0 Å². The van der Waals surface area contributed by atoms with E-state index < -0.39 is 12.0 Å². The van der Waals surface area contributed by atoms with Gasteiger partial charge in [0.15, 0.2) is 5.13 Å². The van der Waals surface area contributed by atoms with Crippen molar-refractivity contribution in [3.63, 3.8) is 0 Å². The predicted molar refractivity (Wildman–Crippen MR) is 156 cm³/mol. The molecule has 3 heterocycles. The van der Waals surface area contributed by atoms with Crippen LogP contribution in [0.4, 0.5) is 5.13 Å². The van der Waals surface area contributed by atoms with Gasteiger partial charge in [-0.05, 0) is 48.4 Å². The van der Waals surface area contributed by atoms with E-state index in [9.17, 15) is 9.59 Å². The van der Waals surface area contributed by atoms with Crippen LogP contribution >= 0.6 is 11.3 Å². The molecule has 3 aromatic carbocycles. The zero-order chi connectivity index (χ0) is 27.5. The maximum absolute atomic E-state index is 14.2. The number of fused-ring (bicyclic) bond motifs is 2. The van der Waals surface area contributed by atoms with E-state index in [0.717, 1.165) is 40.2 Å². The molecule has 2 aliphatic heterocycles. The molecule has 1 aromatic heterocycles. The van der Waals surface area contributed by atoms with Crippen LogP contribution in [-0.2, 0) is 9.53 Å². The first-order chi connectivity index (χ1) is 19.6. The van der Waals surface area contributed by atoms with Gasteiger partial charge in [-0.15, -0.1) is 0 Å². The first-order valence-electron chi connectivity index (χ1n) is 13.7. The third-order valence-electron chi connectivity index (χ3n) is 7.54. The summed E-state index contributed by atoms with van der Waals surface area (Å²) in [5, 5.41) is 3.64. The summed E-state index contributed by atoms with van der Waals surface area (Å²) in [6, 6.07) is 22.6. The van der Waals surface area contributed by atoms with Crippen LogP contribution in [0.3, 0.4) is 0 Å². The summed E-state index contributed by atoms with van der Waals surface area (Å²) in [5.41, 5.74) is 3.03. The summed E-state index contributed by atoms with van der Waals surface area (Å²) >= 11 is 1.45. The summed E-state index contributed by atoms with van der Waals surface area (Å²) in [4.78, 5) is 37.0. The van der Waals surface area contributed by atoms with Crippen LogP contribution in [0.2, 0.25) is 0 Å². The number of hydrogen-bond donors (Lipinski definition) is 1. The Morgan fingerprint density at radius 3 is 2.55 bits per heavy atom. The third-order valence-corrected chi connectivity index (χ3v) is 8.49. The van der Waals surface area contributed by atoms with Crippen molar-refractivity contribution in [1.29, 1.82) is 0 Å². The van der Waals surface area contributed by atoms with E-state index in [4.69, 9.17) is 9.47 Å². The zero-order valence-electron chi connectivity index (χ0n) is 22.4. The van der Waals surface area contributed by atoms with Crippen LogP contribution in [0.1, 0.15) is 40.4 Å². The van der Waals surface area contributed by atoms with E-state index in [-0.39, 0.29) is 11.8 Å². The van der Waals surface area contributed by atoms with Crippen LogP contribution in [0.25, 0.3) is 10.2 Å². The monoisotopic (exact) mass is 556 g/mol. The van der Waals surface area contributed by atoms with Gasteiger partial charge in [-0.1, -0.05) is 53.8 Å². The van der Waals surface area contributed by atoms with Gasteiger partial charge in [0.1, 0.15) is 5.75 Å². The molecular weight excluding hydrogens is 524 g/mol. The number of nitrogens with one attached hydrogen (secondary N) is 1. The molecule has 0 bridgehead atoms. The van der Waals surface area contributed by atoms with Crippen LogP contribution < -0.4 is 10.1 Å². The van der Waals surface area contributed by atoms with Crippen molar-refractivity contribution in [1.82, 2.24) is 14.8 Å². The number of thiazole rings is 1. The Labute approximate surface area is 237 Å². The highest BCUT2D eigenvalue weighted by Crippen LogP contribution is 2.44. The number of carbonyl (C=O) groups excluding carboxylic acids is 2. The van der Waals surface area contributed by atoms with Gasteiger partial charge in [0.05, 0.1) is 42.0 Å². The minimum absolute atomic E-state index is 0.0632. The van der Waals surface area contributed by atoms with Crippen LogP contribution in [0.15, 0.2) is 72.8 Å². The van der Waals surface area contributed by atoms with Crippen molar-refractivity contribution in [2.45, 2.75) is 18.9 Å². The number of anilines is 1. The molecule has 0 aliphatic carbocycles. The van der Waals surface area contributed by atoms with E-state index in [1.54, 1.807) is 0 Å². The molecule has 8 nitrogen and oxygen atoms in total. The Morgan fingerprint density at radius 2 is 1.77 bits per heavy atom. The largest absolute Gasteiger partial charge is 0.494 e. The van der Waals surface area contributed by atoms with Gasteiger partial charge in [-0.25, -0.2) is 4.98 Å². The van der Waals surface area contributed by atoms with Crippen molar-refractivity contribution in [2.75, 3.05) is 51.3 Å². The van der Waals surface area contributed by atoms with E-state index in [1.165, 1.54) is 11.3 Å². The zero-order valence-corrected chi connectivity index (χ0v) is 23.2. The first-order valence-corrected chi connectivity index (χ1v) is 14.5. The molecule has 2 amide bonds. The molecule has 0 radical (unpaired) electrons. The third kappa shape index (κ3) is 5.32. The molecule has 4 aromatic rings. The minimum Gasteiger partial charge on any atom is -0.494 e. The standard InChI is InChI=1S/C31H32N4O4S/c1-2-39-22-13-11-21(12-14-22)28-27(29(36)33-31-32-25-9-5-6-10-26(25)40-31)23-7-3-4-8-24(23)30(37)35(28)16-15-34-17-19-38-20-18-34/h3-14,27-28H,2,15-20H2,1H3,(H,32,33,36). The fourth-order valence-electron chi connectivity index (χ4n) is 5.60. The summed E-state index contributed by atoms with van der Waals surface area (Å²) < 4.78 is 12.2. The summed E-state index contributed by atoms with van der Waals surface area (Å²) in [6.45, 7) is 6.74. The molecule has 206 valence electrons. The molecule has 40 heavy (non-hydrogen) atoms. The van der Waals surface area contributed by atoms with Gasteiger partial charge < -0.3 is 19.7 Å². The maximum Gasteiger partial charge on any atom is 0.254 e. The van der Waals surface area contributed by atoms with Gasteiger partial charge in [0.25, 0.3) is 5.91 Å². The smallest absolute Gasteiger partial charge is 0.254 e. The highest BCUT2D eigenvalue weighted by Gasteiger charge is 2.44. The second kappa shape index (κ2) is 11.8. The summed E-state index contributed by atoms with van der Waals surface area (Å²) in [5.74, 6) is -0.117. The fourth-order valence-corrected chi connectivity index (χ4v) is 6.47. The Hall–Kier alpha value is -3.79. The van der Waals surface area contributed by atoms with Crippen molar-refractivity contribution in [3.8, 4) is 5.75 Å². The van der Waals surface area contributed by atoms with Crippen molar-refractivity contribution >= 4 is 38.5 Å². The van der Waals surface area contributed by atoms with Gasteiger partial charge in [0.2, 0.25) is 5.91 Å². The normalized spacial score (nSPS) is 19.4. The molecule has 1 fully saturated rings. The molecule has 2 atom stereocenters. The molecule has 1 saturated heterocycles. The average molecular weight is 557 g/mol. The predicted octanol–water partition coefficient (Wildman–Crippen LogP) is 4.95. The Morgan fingerprint density at radius 1 is 1.02 bits per heavy atom. The van der Waals surface area contributed by atoms with Gasteiger partial charge in [-0.3, -0.25) is 14.5 Å². The highest BCUT2D eigenvalue weighted by atomic mass is 32.1. The molecule has 0 spiro atoms. The van der Waals surface area contributed by atoms with Crippen molar-refractivity contribution in [3.05, 3.63) is 89.5 Å². The van der Waals surface area contributed by atoms with Crippen LogP contribution in [0.5, 0.6) is 5.75 Å². The number of ether oxygens (including phenoxy) is 2. The fraction of sp³-hybridized carbons (Fsp3) is 0.323. The second-order valence-electron chi connectivity index (χ2n) is 9.94. The molecule has 2 unspecified atom stereocenters. The second-order valence-corrected chi connectivity index (χ2v) is 11.0. The Bertz CT molecular complexity index is 1470. The highest BCUT2D eigenvalue weighted by molar-refractivity contribution is 7.22. The maximum atomic E-state index is 14.2. The number of aromatic nitrogens is 1. The first kappa shape index (κ1) is 26.4. The van der Waals surface area contributed by atoms with Crippen molar-refractivity contribution < 1.29 is 19.1 Å². The number of nitrogens with zero attached hydrogens (tertiary/aromatic N) is 3. The average Bonchev–Trinajstić information content (AvgIpc) is 3.40. The molecule has 9 heteroatoms. The number of hydrogen-bond acceptors (Lipinski definition) is 7. The lowest BCUT2D eigenvalue weighted by Crippen LogP contribution is -2.49. The minimum atomic E-state index is -0.622. The Balaban J connectivity index is 1.39. The van der Waals surface area contributed by atoms with Gasteiger partial charge in [0, 0.05) is 31.7 Å². The number of rotatable bonds is 8. The van der Waals surface area contributed by atoms with Gasteiger partial charge in [-0.2, -0.15) is 0 Å². The van der Waals surface area contributed by atoms with Crippen molar-refractivity contribution in [2.24, 2.45) is 0 Å². The molecule has 1 N–H and O–H groups in total. The topological polar surface area (TPSA) is 84.0 Å². The lowest BCUT2D eigenvalue weighted by Gasteiger charge is -2.42. The number of benzene rings is 3. The van der Waals surface area contributed by atoms with Gasteiger partial charge >= 0.3 is 0 Å². The Kier molecular flexibility index (Phi) is 7.77. The SMILES string of the molecule is CCOc1ccc(C2C(C(=O)Nc3nc4ccccc4s3)c3ccccc3C(=O)N2CCN2CCOCC2)cc1. The lowest BCUT2D eigenvalue weighted by atomic mass is 9.79. The summed E-state index contributed by atoms with van der Waals surface area (Å²) in [6.07, 6.45) is 0. The molecule has 2 aliphatic rings. The molecular formula is C31H32N4O4S.